The Kier molecular flexibility index (Phi) is 3.43. The second kappa shape index (κ2) is 5.18. The van der Waals surface area contributed by atoms with E-state index in [0.717, 1.165) is 0 Å². The standard InChI is InChI=1S/C13H13N3O2/c1-18-11-7-4-5-9(13(11)17)12(16-14)10-6-2-3-8-15-10/h2-8,17H,14H2,1H3/b16-12+. The van der Waals surface area contributed by atoms with Crippen LogP contribution >= 0.6 is 0 Å². The number of rotatable bonds is 3. The lowest BCUT2D eigenvalue weighted by Gasteiger charge is -2.10. The zero-order valence-electron chi connectivity index (χ0n) is 9.87. The Labute approximate surface area is 105 Å². The number of phenols is 1. The summed E-state index contributed by atoms with van der Waals surface area (Å²) in [6.07, 6.45) is 1.64. The van der Waals surface area contributed by atoms with E-state index < -0.39 is 0 Å². The molecule has 0 aliphatic rings. The summed E-state index contributed by atoms with van der Waals surface area (Å²) in [7, 11) is 1.48. The van der Waals surface area contributed by atoms with Crippen molar-refractivity contribution in [3.8, 4) is 11.5 Å². The molecule has 0 atom stereocenters. The molecule has 0 aliphatic carbocycles. The van der Waals surface area contributed by atoms with Gasteiger partial charge in [0.2, 0.25) is 0 Å². The smallest absolute Gasteiger partial charge is 0.167 e. The maximum atomic E-state index is 10.1. The minimum atomic E-state index is -0.00477. The molecule has 0 fully saturated rings. The average molecular weight is 243 g/mol. The van der Waals surface area contributed by atoms with Crippen LogP contribution in [0.15, 0.2) is 47.7 Å². The number of benzene rings is 1. The summed E-state index contributed by atoms with van der Waals surface area (Å²) in [6, 6.07) is 10.5. The summed E-state index contributed by atoms with van der Waals surface area (Å²) in [5, 5.41) is 13.8. The lowest BCUT2D eigenvalue weighted by atomic mass is 10.1. The normalized spacial score (nSPS) is 11.3. The first-order valence-corrected chi connectivity index (χ1v) is 5.33. The van der Waals surface area contributed by atoms with Gasteiger partial charge in [-0.05, 0) is 24.3 Å². The molecule has 0 aliphatic heterocycles. The van der Waals surface area contributed by atoms with Gasteiger partial charge in [0.15, 0.2) is 11.5 Å². The zero-order chi connectivity index (χ0) is 13.0. The molecule has 3 N–H and O–H groups in total. The number of nitrogens with two attached hydrogens (primary N) is 1. The summed E-state index contributed by atoms with van der Waals surface area (Å²) >= 11 is 0. The molecule has 0 amide bonds. The number of phenolic OH excluding ortho intramolecular Hbond substituents is 1. The van der Waals surface area contributed by atoms with Gasteiger partial charge in [-0.25, -0.2) is 0 Å². The Morgan fingerprint density at radius 1 is 1.28 bits per heavy atom. The number of para-hydroxylation sites is 1. The van der Waals surface area contributed by atoms with Crippen LogP contribution in [0.25, 0.3) is 0 Å². The van der Waals surface area contributed by atoms with E-state index in [-0.39, 0.29) is 5.75 Å². The lowest BCUT2D eigenvalue weighted by molar-refractivity contribution is 0.373. The number of hydrogen-bond donors (Lipinski definition) is 2. The molecule has 0 unspecified atom stereocenters. The number of pyridine rings is 1. The number of ether oxygens (including phenoxy) is 1. The molecule has 2 rings (SSSR count). The second-order valence-corrected chi connectivity index (χ2v) is 3.55. The Morgan fingerprint density at radius 2 is 2.11 bits per heavy atom. The van der Waals surface area contributed by atoms with Gasteiger partial charge in [-0.15, -0.1) is 0 Å². The first kappa shape index (κ1) is 11.9. The number of aromatic hydroxyl groups is 1. The van der Waals surface area contributed by atoms with Gasteiger partial charge in [0.1, 0.15) is 5.71 Å². The van der Waals surface area contributed by atoms with Crippen molar-refractivity contribution >= 4 is 5.71 Å². The van der Waals surface area contributed by atoms with Crippen LogP contribution in [0, 0.1) is 0 Å². The van der Waals surface area contributed by atoms with E-state index in [2.05, 4.69) is 10.1 Å². The van der Waals surface area contributed by atoms with Gasteiger partial charge in [-0.3, -0.25) is 4.98 Å². The fourth-order valence-corrected chi connectivity index (χ4v) is 1.65. The minimum Gasteiger partial charge on any atom is -0.504 e. The molecule has 1 heterocycles. The molecule has 2 aromatic rings. The van der Waals surface area contributed by atoms with Crippen LogP contribution in [0.4, 0.5) is 0 Å². The predicted octanol–water partition coefficient (Wildman–Crippen LogP) is 1.51. The summed E-state index contributed by atoms with van der Waals surface area (Å²) in [5.74, 6) is 5.75. The van der Waals surface area contributed by atoms with Gasteiger partial charge >= 0.3 is 0 Å². The Hall–Kier alpha value is -2.56. The van der Waals surface area contributed by atoms with Gasteiger partial charge in [0.25, 0.3) is 0 Å². The van der Waals surface area contributed by atoms with Crippen molar-refractivity contribution in [2.75, 3.05) is 7.11 Å². The van der Waals surface area contributed by atoms with Gasteiger partial charge < -0.3 is 15.7 Å². The van der Waals surface area contributed by atoms with Crippen molar-refractivity contribution < 1.29 is 9.84 Å². The fourth-order valence-electron chi connectivity index (χ4n) is 1.65. The molecule has 0 saturated carbocycles. The van der Waals surface area contributed by atoms with Crippen LogP contribution in [-0.2, 0) is 0 Å². The fraction of sp³-hybridized carbons (Fsp3) is 0.0769. The molecule has 92 valence electrons. The van der Waals surface area contributed by atoms with Gasteiger partial charge in [0.05, 0.1) is 12.8 Å². The molecule has 18 heavy (non-hydrogen) atoms. The highest BCUT2D eigenvalue weighted by molar-refractivity contribution is 6.13. The van der Waals surface area contributed by atoms with Crippen LogP contribution < -0.4 is 10.6 Å². The highest BCUT2D eigenvalue weighted by atomic mass is 16.5. The molecule has 0 radical (unpaired) electrons. The third-order valence-electron chi connectivity index (χ3n) is 2.51. The maximum absolute atomic E-state index is 10.1. The van der Waals surface area contributed by atoms with Gasteiger partial charge in [-0.2, -0.15) is 5.10 Å². The maximum Gasteiger partial charge on any atom is 0.167 e. The van der Waals surface area contributed by atoms with Crippen LogP contribution in [0.1, 0.15) is 11.3 Å². The van der Waals surface area contributed by atoms with Crippen molar-refractivity contribution in [3.05, 3.63) is 53.9 Å². The summed E-state index contributed by atoms with van der Waals surface area (Å²) in [6.45, 7) is 0. The summed E-state index contributed by atoms with van der Waals surface area (Å²) in [4.78, 5) is 4.16. The highest BCUT2D eigenvalue weighted by Gasteiger charge is 2.15. The molecule has 0 spiro atoms. The molecule has 1 aromatic carbocycles. The van der Waals surface area contributed by atoms with Crippen LogP contribution in [0.3, 0.4) is 0 Å². The van der Waals surface area contributed by atoms with E-state index in [1.807, 2.05) is 6.07 Å². The van der Waals surface area contributed by atoms with Crippen LogP contribution in [0.2, 0.25) is 0 Å². The number of hydrazone groups is 1. The molecule has 1 aromatic heterocycles. The van der Waals surface area contributed by atoms with Crippen LogP contribution in [-0.4, -0.2) is 22.9 Å². The average Bonchev–Trinajstić information content (AvgIpc) is 2.43. The molecular weight excluding hydrogens is 230 g/mol. The first-order chi connectivity index (χ1) is 8.77. The Balaban J connectivity index is 2.54. The van der Waals surface area contributed by atoms with E-state index in [4.69, 9.17) is 10.6 Å². The SMILES string of the molecule is COc1cccc(/C(=N\N)c2ccccn2)c1O. The third kappa shape index (κ3) is 2.10. The Bertz CT molecular complexity index is 568. The van der Waals surface area contributed by atoms with Crippen molar-refractivity contribution in [3.63, 3.8) is 0 Å². The van der Waals surface area contributed by atoms with Crippen molar-refractivity contribution in [1.29, 1.82) is 0 Å². The van der Waals surface area contributed by atoms with E-state index in [0.29, 0.717) is 22.7 Å². The van der Waals surface area contributed by atoms with E-state index in [1.54, 1.807) is 36.5 Å². The number of aromatic nitrogens is 1. The third-order valence-corrected chi connectivity index (χ3v) is 2.51. The largest absolute Gasteiger partial charge is 0.504 e. The van der Waals surface area contributed by atoms with Gasteiger partial charge in [-0.1, -0.05) is 12.1 Å². The van der Waals surface area contributed by atoms with Crippen LogP contribution in [0.5, 0.6) is 11.5 Å². The second-order valence-electron chi connectivity index (χ2n) is 3.55. The van der Waals surface area contributed by atoms with E-state index in [1.165, 1.54) is 7.11 Å². The topological polar surface area (TPSA) is 80.7 Å². The molecular formula is C13H13N3O2. The summed E-state index contributed by atoms with van der Waals surface area (Å²) < 4.78 is 5.05. The van der Waals surface area contributed by atoms with E-state index in [9.17, 15) is 5.11 Å². The predicted molar refractivity (Wildman–Crippen MR) is 68.7 cm³/mol. The lowest BCUT2D eigenvalue weighted by Crippen LogP contribution is -2.09. The van der Waals surface area contributed by atoms with E-state index >= 15 is 0 Å². The van der Waals surface area contributed by atoms with Crippen molar-refractivity contribution in [1.82, 2.24) is 4.98 Å². The van der Waals surface area contributed by atoms with Crippen molar-refractivity contribution in [2.45, 2.75) is 0 Å². The number of hydrogen-bond acceptors (Lipinski definition) is 5. The first-order valence-electron chi connectivity index (χ1n) is 5.33. The Morgan fingerprint density at radius 3 is 2.72 bits per heavy atom. The molecule has 0 saturated heterocycles. The number of nitrogens with zero attached hydrogens (tertiary/aromatic N) is 2. The van der Waals surface area contributed by atoms with Gasteiger partial charge in [0, 0.05) is 11.8 Å². The van der Waals surface area contributed by atoms with Crippen molar-refractivity contribution in [2.24, 2.45) is 10.9 Å². The summed E-state index contributed by atoms with van der Waals surface area (Å²) in [5.41, 5.74) is 1.48. The minimum absolute atomic E-state index is 0.00477. The molecule has 5 nitrogen and oxygen atoms in total. The highest BCUT2D eigenvalue weighted by Crippen LogP contribution is 2.30. The number of methoxy groups -OCH3 is 1. The molecule has 0 bridgehead atoms. The zero-order valence-corrected chi connectivity index (χ0v) is 9.87. The quantitative estimate of drug-likeness (QED) is 0.486. The molecule has 5 heteroatoms. The monoisotopic (exact) mass is 243 g/mol.